The Morgan fingerprint density at radius 2 is 1.96 bits per heavy atom. The molecule has 142 valence electrons. The minimum absolute atomic E-state index is 0.0718. The van der Waals surface area contributed by atoms with Crippen LogP contribution in [0.15, 0.2) is 54.7 Å². The van der Waals surface area contributed by atoms with Gasteiger partial charge in [0, 0.05) is 13.1 Å². The van der Waals surface area contributed by atoms with Gasteiger partial charge >= 0.3 is 0 Å². The lowest BCUT2D eigenvalue weighted by Crippen LogP contribution is -2.01. The van der Waals surface area contributed by atoms with Gasteiger partial charge in [-0.05, 0) is 48.9 Å². The third-order valence-electron chi connectivity index (χ3n) is 4.26. The molecule has 0 amide bonds. The number of nitrogens with zero attached hydrogens (tertiary/aromatic N) is 3. The number of aromatic nitrogens is 2. The molecule has 0 unspecified atom stereocenters. The molecule has 1 N–H and O–H groups in total. The molecule has 0 spiro atoms. The van der Waals surface area contributed by atoms with Gasteiger partial charge in [0.15, 0.2) is 5.78 Å². The molecule has 7 nitrogen and oxygen atoms in total. The summed E-state index contributed by atoms with van der Waals surface area (Å²) >= 11 is 0. The van der Waals surface area contributed by atoms with Gasteiger partial charge < -0.3 is 5.32 Å². The molecule has 0 fully saturated rings. The van der Waals surface area contributed by atoms with Crippen molar-refractivity contribution in [3.63, 3.8) is 0 Å². The monoisotopic (exact) mass is 380 g/mol. The number of anilines is 1. The topological polar surface area (TPSA) is 90.1 Å². The third-order valence-corrected chi connectivity index (χ3v) is 4.26. The van der Waals surface area contributed by atoms with Crippen LogP contribution in [0.25, 0.3) is 11.8 Å². The lowest BCUT2D eigenvalue weighted by molar-refractivity contribution is -0.383. The van der Waals surface area contributed by atoms with Crippen LogP contribution >= 0.6 is 0 Å². The van der Waals surface area contributed by atoms with E-state index in [1.54, 1.807) is 42.9 Å². The SMILES string of the molecule is CNc1ccc(/C=C/C(=O)c2cnn(-c3ccc(F)cc3)c2C)cc1[N+](=O)[O-]. The molecule has 0 aliphatic heterocycles. The zero-order valence-electron chi connectivity index (χ0n) is 15.2. The molecule has 2 aromatic carbocycles. The summed E-state index contributed by atoms with van der Waals surface area (Å²) in [5.41, 5.74) is 2.49. The van der Waals surface area contributed by atoms with E-state index >= 15 is 0 Å². The van der Waals surface area contributed by atoms with Gasteiger partial charge in [0.05, 0.1) is 28.1 Å². The Balaban J connectivity index is 1.85. The number of carbonyl (C=O) groups is 1. The first kappa shape index (κ1) is 19.0. The van der Waals surface area contributed by atoms with Crippen molar-refractivity contribution >= 4 is 23.2 Å². The number of carbonyl (C=O) groups excluding carboxylic acids is 1. The van der Waals surface area contributed by atoms with E-state index in [2.05, 4.69) is 10.4 Å². The number of allylic oxidation sites excluding steroid dienone is 1. The van der Waals surface area contributed by atoms with Gasteiger partial charge in [0.2, 0.25) is 0 Å². The second-order valence-corrected chi connectivity index (χ2v) is 6.01. The van der Waals surface area contributed by atoms with E-state index < -0.39 is 4.92 Å². The summed E-state index contributed by atoms with van der Waals surface area (Å²) in [5, 5.41) is 18.1. The number of nitrogens with one attached hydrogen (secondary N) is 1. The Bertz CT molecular complexity index is 1070. The fourth-order valence-electron chi connectivity index (χ4n) is 2.77. The summed E-state index contributed by atoms with van der Waals surface area (Å²) in [7, 11) is 1.60. The van der Waals surface area contributed by atoms with Crippen molar-refractivity contribution in [2.45, 2.75) is 6.92 Å². The number of halogens is 1. The standard InChI is InChI=1S/C20H17FN4O3/c1-13-17(12-23-24(13)16-7-5-15(21)6-8-16)20(26)10-4-14-3-9-18(22-2)19(11-14)25(27)28/h3-12,22H,1-2H3/b10-4+. The zero-order valence-corrected chi connectivity index (χ0v) is 15.2. The summed E-state index contributed by atoms with van der Waals surface area (Å²) in [4.78, 5) is 23.2. The quantitative estimate of drug-likeness (QED) is 0.300. The smallest absolute Gasteiger partial charge is 0.292 e. The Labute approximate surface area is 160 Å². The maximum Gasteiger partial charge on any atom is 0.292 e. The van der Waals surface area contributed by atoms with E-state index in [1.807, 2.05) is 0 Å². The van der Waals surface area contributed by atoms with Crippen LogP contribution in [0.3, 0.4) is 0 Å². The Hall–Kier alpha value is -3.81. The van der Waals surface area contributed by atoms with Gasteiger partial charge in [-0.15, -0.1) is 0 Å². The number of nitro groups is 1. The summed E-state index contributed by atoms with van der Waals surface area (Å²) in [6.07, 6.45) is 4.30. The van der Waals surface area contributed by atoms with Crippen LogP contribution in [0.5, 0.6) is 0 Å². The molecule has 0 aliphatic rings. The van der Waals surface area contributed by atoms with Crippen molar-refractivity contribution in [3.05, 3.63) is 87.5 Å². The van der Waals surface area contributed by atoms with Crippen molar-refractivity contribution in [2.75, 3.05) is 12.4 Å². The number of nitro benzene ring substituents is 1. The molecule has 0 saturated carbocycles. The van der Waals surface area contributed by atoms with Crippen molar-refractivity contribution in [1.29, 1.82) is 0 Å². The van der Waals surface area contributed by atoms with Gasteiger partial charge in [-0.25, -0.2) is 9.07 Å². The van der Waals surface area contributed by atoms with Crippen molar-refractivity contribution in [3.8, 4) is 5.69 Å². The molecule has 0 atom stereocenters. The molecule has 3 aromatic rings. The van der Waals surface area contributed by atoms with Gasteiger partial charge in [-0.1, -0.05) is 12.1 Å². The molecular formula is C20H17FN4O3. The average molecular weight is 380 g/mol. The minimum Gasteiger partial charge on any atom is -0.383 e. The van der Waals surface area contributed by atoms with E-state index in [1.165, 1.54) is 36.5 Å². The van der Waals surface area contributed by atoms with E-state index in [0.29, 0.717) is 28.2 Å². The number of hydrogen-bond acceptors (Lipinski definition) is 5. The summed E-state index contributed by atoms with van der Waals surface area (Å²) in [5.74, 6) is -0.641. The van der Waals surface area contributed by atoms with Crippen LogP contribution in [-0.4, -0.2) is 27.5 Å². The van der Waals surface area contributed by atoms with Gasteiger partial charge in [-0.2, -0.15) is 5.10 Å². The number of rotatable bonds is 6. The van der Waals surface area contributed by atoms with Gasteiger partial charge in [0.1, 0.15) is 11.5 Å². The highest BCUT2D eigenvalue weighted by Crippen LogP contribution is 2.25. The van der Waals surface area contributed by atoms with Gasteiger partial charge in [-0.3, -0.25) is 14.9 Å². The number of benzene rings is 2. The number of ketones is 1. The summed E-state index contributed by atoms with van der Waals surface area (Å²) < 4.78 is 14.6. The molecule has 0 aliphatic carbocycles. The molecule has 3 rings (SSSR count). The van der Waals surface area contributed by atoms with Crippen molar-refractivity contribution < 1.29 is 14.1 Å². The second-order valence-electron chi connectivity index (χ2n) is 6.01. The predicted octanol–water partition coefficient (Wildman–Crippen LogP) is 4.17. The molecule has 0 radical (unpaired) electrons. The van der Waals surface area contributed by atoms with E-state index in [-0.39, 0.29) is 17.3 Å². The van der Waals surface area contributed by atoms with Crippen molar-refractivity contribution in [1.82, 2.24) is 9.78 Å². The largest absolute Gasteiger partial charge is 0.383 e. The highest BCUT2D eigenvalue weighted by molar-refractivity contribution is 6.07. The highest BCUT2D eigenvalue weighted by Gasteiger charge is 2.15. The van der Waals surface area contributed by atoms with Crippen LogP contribution in [-0.2, 0) is 0 Å². The third kappa shape index (κ3) is 3.80. The van der Waals surface area contributed by atoms with Crippen LogP contribution in [0, 0.1) is 22.9 Å². The average Bonchev–Trinajstić information content (AvgIpc) is 3.08. The number of hydrogen-bond donors (Lipinski definition) is 1. The van der Waals surface area contributed by atoms with Crippen LogP contribution in [0.2, 0.25) is 0 Å². The zero-order chi connectivity index (χ0) is 20.3. The Kier molecular flexibility index (Phi) is 5.30. The molecule has 1 aromatic heterocycles. The fourth-order valence-corrected chi connectivity index (χ4v) is 2.77. The first-order valence-electron chi connectivity index (χ1n) is 8.40. The maximum absolute atomic E-state index is 13.1. The first-order chi connectivity index (χ1) is 13.4. The molecule has 28 heavy (non-hydrogen) atoms. The predicted molar refractivity (Wildman–Crippen MR) is 104 cm³/mol. The molecule has 0 saturated heterocycles. The maximum atomic E-state index is 13.1. The first-order valence-corrected chi connectivity index (χ1v) is 8.40. The van der Waals surface area contributed by atoms with E-state index in [9.17, 15) is 19.3 Å². The highest BCUT2D eigenvalue weighted by atomic mass is 19.1. The lowest BCUT2D eigenvalue weighted by Gasteiger charge is -2.04. The normalized spacial score (nSPS) is 11.0. The molecule has 0 bridgehead atoms. The summed E-state index contributed by atoms with van der Waals surface area (Å²) in [6.45, 7) is 1.74. The fraction of sp³-hybridized carbons (Fsp3) is 0.100. The Morgan fingerprint density at radius 1 is 1.25 bits per heavy atom. The van der Waals surface area contributed by atoms with Crippen LogP contribution in [0.1, 0.15) is 21.6 Å². The minimum atomic E-state index is -0.484. The van der Waals surface area contributed by atoms with E-state index in [0.717, 1.165) is 0 Å². The van der Waals surface area contributed by atoms with Crippen LogP contribution < -0.4 is 5.32 Å². The lowest BCUT2D eigenvalue weighted by atomic mass is 10.1. The molecular weight excluding hydrogens is 363 g/mol. The van der Waals surface area contributed by atoms with Crippen LogP contribution in [0.4, 0.5) is 15.8 Å². The van der Waals surface area contributed by atoms with Crippen molar-refractivity contribution in [2.24, 2.45) is 0 Å². The Morgan fingerprint density at radius 3 is 2.61 bits per heavy atom. The van der Waals surface area contributed by atoms with E-state index in [4.69, 9.17) is 0 Å². The second kappa shape index (κ2) is 7.83. The molecule has 8 heteroatoms. The molecule has 1 heterocycles. The summed E-state index contributed by atoms with van der Waals surface area (Å²) in [6, 6.07) is 10.4. The van der Waals surface area contributed by atoms with Gasteiger partial charge in [0.25, 0.3) is 5.69 Å².